The van der Waals surface area contributed by atoms with Crippen molar-refractivity contribution in [1.82, 2.24) is 4.98 Å². The normalized spacial score (nSPS) is 11.6. The van der Waals surface area contributed by atoms with Gasteiger partial charge in [-0.3, -0.25) is 4.79 Å². The molecular weight excluding hydrogens is 362 g/mol. The van der Waals surface area contributed by atoms with Crippen LogP contribution >= 0.6 is 0 Å². The number of nitrogens with zero attached hydrogens (tertiary/aromatic N) is 1. The van der Waals surface area contributed by atoms with E-state index in [1.807, 2.05) is 60.7 Å². The van der Waals surface area contributed by atoms with Crippen molar-refractivity contribution in [2.75, 3.05) is 12.4 Å². The van der Waals surface area contributed by atoms with Crippen molar-refractivity contribution in [1.29, 1.82) is 0 Å². The number of Topliss-reactive ketones (excluding diaryl/α,β-unsaturated/α-hetero) is 1. The maximum absolute atomic E-state index is 13.6. The Bertz CT molecular complexity index is 1210. The lowest BCUT2D eigenvalue weighted by molar-refractivity contribution is 0.0971. The molecule has 29 heavy (non-hydrogen) atoms. The molecule has 1 heterocycles. The van der Waals surface area contributed by atoms with E-state index in [0.29, 0.717) is 17.0 Å². The van der Waals surface area contributed by atoms with Gasteiger partial charge in [0, 0.05) is 34.4 Å². The van der Waals surface area contributed by atoms with Gasteiger partial charge >= 0.3 is 0 Å². The van der Waals surface area contributed by atoms with Gasteiger partial charge in [0.1, 0.15) is 11.8 Å². The monoisotopic (exact) mass is 381 g/mol. The van der Waals surface area contributed by atoms with E-state index in [4.69, 9.17) is 11.3 Å². The molecule has 0 fully saturated rings. The Balaban J connectivity index is 1.75. The third-order valence-electron chi connectivity index (χ3n) is 4.84. The number of aromatic amines is 1. The molecule has 4 aromatic rings. The molecule has 3 aromatic carbocycles. The average molecular weight is 381 g/mol. The van der Waals surface area contributed by atoms with Gasteiger partial charge in [0.25, 0.3) is 0 Å². The Morgan fingerprint density at radius 1 is 1.07 bits per heavy atom. The molecule has 2 N–H and O–H groups in total. The molecule has 0 saturated heterocycles. The number of ketones is 1. The van der Waals surface area contributed by atoms with Gasteiger partial charge in [-0.05, 0) is 23.8 Å². The van der Waals surface area contributed by atoms with E-state index >= 15 is 0 Å². The third-order valence-corrected chi connectivity index (χ3v) is 4.84. The quantitative estimate of drug-likeness (QED) is 0.330. The van der Waals surface area contributed by atoms with Crippen LogP contribution in [0.2, 0.25) is 0 Å². The second-order valence-corrected chi connectivity index (χ2v) is 6.63. The van der Waals surface area contributed by atoms with E-state index in [1.165, 1.54) is 0 Å². The Hall–Kier alpha value is -4.04. The minimum Gasteiger partial charge on any atom is -0.497 e. The first-order valence-electron chi connectivity index (χ1n) is 9.18. The summed E-state index contributed by atoms with van der Waals surface area (Å²) in [7, 11) is 1.61. The van der Waals surface area contributed by atoms with Gasteiger partial charge in [-0.1, -0.05) is 48.5 Å². The molecule has 0 spiro atoms. The molecule has 5 heteroatoms. The number of fused-ring (bicyclic) bond motifs is 1. The van der Waals surface area contributed by atoms with Crippen molar-refractivity contribution in [3.05, 3.63) is 102 Å². The SMILES string of the molecule is [C-]#[N+]c1ccc2c(C(=O)C(Nc3cccc(OC)c3)c3ccccc3)c[nH]c2c1. The van der Waals surface area contributed by atoms with Crippen LogP contribution in [-0.2, 0) is 0 Å². The van der Waals surface area contributed by atoms with Crippen molar-refractivity contribution in [2.45, 2.75) is 6.04 Å². The third kappa shape index (κ3) is 3.69. The summed E-state index contributed by atoms with van der Waals surface area (Å²) < 4.78 is 5.30. The molecule has 0 amide bonds. The number of carbonyl (C=O) groups excluding carboxylic acids is 1. The summed E-state index contributed by atoms with van der Waals surface area (Å²) in [6, 6.07) is 21.9. The fourth-order valence-corrected chi connectivity index (χ4v) is 3.37. The summed E-state index contributed by atoms with van der Waals surface area (Å²) in [6.07, 6.45) is 1.71. The Labute approximate surface area is 168 Å². The fraction of sp³-hybridized carbons (Fsp3) is 0.0833. The first-order valence-corrected chi connectivity index (χ1v) is 9.18. The van der Waals surface area contributed by atoms with E-state index in [9.17, 15) is 4.79 Å². The number of hydrogen-bond donors (Lipinski definition) is 2. The van der Waals surface area contributed by atoms with Crippen LogP contribution in [-0.4, -0.2) is 17.9 Å². The standard InChI is InChI=1S/C24H19N3O2/c1-25-17-11-12-20-21(15-26-22(20)14-17)24(28)23(16-7-4-3-5-8-16)27-18-9-6-10-19(13-18)29-2/h3-15,23,26-27H,2H3. The number of benzene rings is 3. The summed E-state index contributed by atoms with van der Waals surface area (Å²) in [5, 5.41) is 4.16. The lowest BCUT2D eigenvalue weighted by atomic mass is 9.96. The minimum absolute atomic E-state index is 0.0548. The van der Waals surface area contributed by atoms with Crippen LogP contribution < -0.4 is 10.1 Å². The van der Waals surface area contributed by atoms with Crippen LogP contribution in [0.1, 0.15) is 22.0 Å². The zero-order valence-corrected chi connectivity index (χ0v) is 15.8. The van der Waals surface area contributed by atoms with Crippen LogP contribution in [0.4, 0.5) is 11.4 Å². The molecule has 0 aliphatic carbocycles. The number of carbonyl (C=O) groups is 1. The summed E-state index contributed by atoms with van der Waals surface area (Å²) in [5.74, 6) is 0.661. The molecular formula is C24H19N3O2. The van der Waals surface area contributed by atoms with Crippen LogP contribution in [0, 0.1) is 6.57 Å². The van der Waals surface area contributed by atoms with Crippen molar-refractivity contribution in [3.63, 3.8) is 0 Å². The first kappa shape index (κ1) is 18.3. The van der Waals surface area contributed by atoms with Crippen LogP contribution in [0.3, 0.4) is 0 Å². The summed E-state index contributed by atoms with van der Waals surface area (Å²) in [5.41, 5.74) is 3.55. The first-order chi connectivity index (χ1) is 14.2. The van der Waals surface area contributed by atoms with Crippen LogP contribution in [0.5, 0.6) is 5.75 Å². The molecule has 1 aromatic heterocycles. The highest BCUT2D eigenvalue weighted by Gasteiger charge is 2.24. The smallest absolute Gasteiger partial charge is 0.191 e. The Kier molecular flexibility index (Phi) is 5.00. The van der Waals surface area contributed by atoms with Gasteiger partial charge in [-0.15, -0.1) is 0 Å². The molecule has 0 radical (unpaired) electrons. The maximum Gasteiger partial charge on any atom is 0.191 e. The second-order valence-electron chi connectivity index (χ2n) is 6.63. The van der Waals surface area contributed by atoms with Gasteiger partial charge in [-0.2, -0.15) is 0 Å². The number of H-pyrrole nitrogens is 1. The molecule has 4 rings (SSSR count). The second kappa shape index (κ2) is 7.91. The van der Waals surface area contributed by atoms with E-state index < -0.39 is 6.04 Å². The number of anilines is 1. The maximum atomic E-state index is 13.6. The summed E-state index contributed by atoms with van der Waals surface area (Å²) in [4.78, 5) is 20.1. The zero-order chi connectivity index (χ0) is 20.2. The zero-order valence-electron chi connectivity index (χ0n) is 15.8. The van der Waals surface area contributed by atoms with Crippen molar-refractivity contribution >= 4 is 28.1 Å². The molecule has 142 valence electrons. The van der Waals surface area contributed by atoms with Gasteiger partial charge in [-0.25, -0.2) is 4.85 Å². The molecule has 0 bridgehead atoms. The fourth-order valence-electron chi connectivity index (χ4n) is 3.37. The summed E-state index contributed by atoms with van der Waals surface area (Å²) >= 11 is 0. The molecule has 5 nitrogen and oxygen atoms in total. The highest BCUT2D eigenvalue weighted by atomic mass is 16.5. The number of nitrogens with one attached hydrogen (secondary N) is 2. The van der Waals surface area contributed by atoms with Crippen molar-refractivity contribution in [2.24, 2.45) is 0 Å². The van der Waals surface area contributed by atoms with Crippen molar-refractivity contribution in [3.8, 4) is 5.75 Å². The van der Waals surface area contributed by atoms with Crippen LogP contribution in [0.15, 0.2) is 79.0 Å². The molecule has 0 aliphatic rings. The largest absolute Gasteiger partial charge is 0.497 e. The lowest BCUT2D eigenvalue weighted by Crippen LogP contribution is -2.21. The van der Waals surface area contributed by atoms with E-state index in [-0.39, 0.29) is 5.78 Å². The Morgan fingerprint density at radius 2 is 1.90 bits per heavy atom. The minimum atomic E-state index is -0.567. The van der Waals surface area contributed by atoms with E-state index in [2.05, 4.69) is 15.1 Å². The van der Waals surface area contributed by atoms with Gasteiger partial charge in [0.2, 0.25) is 0 Å². The van der Waals surface area contributed by atoms with E-state index in [0.717, 1.165) is 22.2 Å². The summed E-state index contributed by atoms with van der Waals surface area (Å²) in [6.45, 7) is 7.17. The molecule has 0 aliphatic heterocycles. The molecule has 1 atom stereocenters. The molecule has 1 unspecified atom stereocenters. The number of ether oxygens (including phenoxy) is 1. The predicted molar refractivity (Wildman–Crippen MR) is 115 cm³/mol. The van der Waals surface area contributed by atoms with E-state index in [1.54, 1.807) is 25.4 Å². The highest BCUT2D eigenvalue weighted by molar-refractivity contribution is 6.11. The average Bonchev–Trinajstić information content (AvgIpc) is 3.21. The van der Waals surface area contributed by atoms with Gasteiger partial charge < -0.3 is 15.0 Å². The number of hydrogen-bond acceptors (Lipinski definition) is 3. The van der Waals surface area contributed by atoms with Crippen LogP contribution in [0.25, 0.3) is 15.7 Å². The van der Waals surface area contributed by atoms with Gasteiger partial charge in [0.15, 0.2) is 11.5 Å². The number of methoxy groups -OCH3 is 1. The topological polar surface area (TPSA) is 58.5 Å². The van der Waals surface area contributed by atoms with Crippen molar-refractivity contribution < 1.29 is 9.53 Å². The lowest BCUT2D eigenvalue weighted by Gasteiger charge is -2.19. The Morgan fingerprint density at radius 3 is 2.66 bits per heavy atom. The number of aromatic nitrogens is 1. The van der Waals surface area contributed by atoms with Gasteiger partial charge in [0.05, 0.1) is 13.7 Å². The highest BCUT2D eigenvalue weighted by Crippen LogP contribution is 2.30. The number of rotatable bonds is 6. The molecule has 0 saturated carbocycles. The predicted octanol–water partition coefficient (Wildman–Crippen LogP) is 5.76.